The van der Waals surface area contributed by atoms with Crippen molar-refractivity contribution in [2.24, 2.45) is 0 Å². The van der Waals surface area contributed by atoms with Crippen molar-refractivity contribution < 1.29 is 14.7 Å². The number of thioether (sulfide) groups is 1. The van der Waals surface area contributed by atoms with E-state index in [1.165, 1.54) is 16.7 Å². The quantitative estimate of drug-likeness (QED) is 0.735. The Morgan fingerprint density at radius 1 is 1.29 bits per heavy atom. The topological polar surface area (TPSA) is 69.6 Å². The van der Waals surface area contributed by atoms with Crippen LogP contribution in [0.2, 0.25) is 0 Å². The van der Waals surface area contributed by atoms with E-state index in [1.54, 1.807) is 16.7 Å². The lowest BCUT2D eigenvalue weighted by atomic mass is 10.0. The normalized spacial score (nSPS) is 26.4. The van der Waals surface area contributed by atoms with E-state index >= 15 is 0 Å². The molecule has 0 saturated carbocycles. The zero-order chi connectivity index (χ0) is 19.5. The van der Waals surface area contributed by atoms with Crippen LogP contribution in [0.3, 0.4) is 0 Å². The molecule has 1 aliphatic carbocycles. The molecule has 2 N–H and O–H groups in total. The number of benzene rings is 1. The van der Waals surface area contributed by atoms with E-state index < -0.39 is 6.04 Å². The number of hydrogen-bond donors (Lipinski definition) is 2. The Hall–Kier alpha value is -1.63. The van der Waals surface area contributed by atoms with Crippen molar-refractivity contribution in [3.8, 4) is 0 Å². The molecule has 2 heterocycles. The highest BCUT2D eigenvalue weighted by Gasteiger charge is 2.42. The summed E-state index contributed by atoms with van der Waals surface area (Å²) in [4.78, 5) is 27.5. The average Bonchev–Trinajstić information content (AvgIpc) is 3.45. The summed E-state index contributed by atoms with van der Waals surface area (Å²) in [5.41, 5.74) is 4.06. The van der Waals surface area contributed by atoms with E-state index in [0.717, 1.165) is 32.1 Å². The van der Waals surface area contributed by atoms with Crippen molar-refractivity contribution in [3.05, 3.63) is 41.0 Å². The van der Waals surface area contributed by atoms with Gasteiger partial charge in [-0.25, -0.2) is 0 Å². The Morgan fingerprint density at radius 2 is 2.14 bits per heavy atom. The third-order valence-electron chi connectivity index (χ3n) is 6.08. The summed E-state index contributed by atoms with van der Waals surface area (Å²) < 4.78 is 0. The first-order chi connectivity index (χ1) is 13.7. The van der Waals surface area contributed by atoms with Crippen LogP contribution in [0.4, 0.5) is 0 Å². The number of ketones is 1. The maximum atomic E-state index is 12.9. The number of fused-ring (bicyclic) bond motifs is 1. The predicted octanol–water partition coefficient (Wildman–Crippen LogP) is 2.38. The van der Waals surface area contributed by atoms with E-state index in [0.29, 0.717) is 18.8 Å². The molecule has 3 aliphatic rings. The molecule has 3 atom stereocenters. The number of aliphatic hydroxyl groups is 1. The van der Waals surface area contributed by atoms with Gasteiger partial charge in [0.2, 0.25) is 5.91 Å². The Morgan fingerprint density at radius 3 is 2.96 bits per heavy atom. The van der Waals surface area contributed by atoms with Crippen LogP contribution in [-0.4, -0.2) is 58.1 Å². The molecule has 0 spiro atoms. The second-order valence-electron chi connectivity index (χ2n) is 7.92. The molecule has 1 amide bonds. The number of likely N-dealkylation sites (tertiary alicyclic amines) is 1. The van der Waals surface area contributed by atoms with Crippen LogP contribution in [0.15, 0.2) is 29.8 Å². The Bertz CT molecular complexity index is 779. The fourth-order valence-corrected chi connectivity index (χ4v) is 5.73. The predicted molar refractivity (Wildman–Crippen MR) is 112 cm³/mol. The van der Waals surface area contributed by atoms with E-state index in [9.17, 15) is 14.7 Å². The standard InChI is InChI=1S/C22H28N2O3S/c25-13-18-8-4-10-24(18)22(27)20-21(28-14-23-20)19(26)9-3-5-15-11-16-6-1-2-7-17(16)12-15/h1-2,6-7,11,18,20-21,23,25H,3-5,8-10,12-14H2/t18-,20-,21?/m0/s1. The first kappa shape index (κ1) is 19.7. The summed E-state index contributed by atoms with van der Waals surface area (Å²) in [6, 6.07) is 7.90. The van der Waals surface area contributed by atoms with Gasteiger partial charge in [0, 0.05) is 18.8 Å². The molecule has 28 heavy (non-hydrogen) atoms. The summed E-state index contributed by atoms with van der Waals surface area (Å²) in [6.07, 6.45) is 7.29. The zero-order valence-electron chi connectivity index (χ0n) is 16.1. The van der Waals surface area contributed by atoms with Gasteiger partial charge in [-0.3, -0.25) is 14.9 Å². The van der Waals surface area contributed by atoms with E-state index in [4.69, 9.17) is 0 Å². The lowest BCUT2D eigenvalue weighted by Crippen LogP contribution is -2.51. The van der Waals surface area contributed by atoms with Crippen molar-refractivity contribution >= 4 is 29.5 Å². The highest BCUT2D eigenvalue weighted by atomic mass is 32.2. The summed E-state index contributed by atoms with van der Waals surface area (Å²) >= 11 is 1.54. The van der Waals surface area contributed by atoms with Crippen LogP contribution in [-0.2, 0) is 16.0 Å². The molecular weight excluding hydrogens is 372 g/mol. The minimum atomic E-state index is -0.445. The van der Waals surface area contributed by atoms with Crippen molar-refractivity contribution in [2.75, 3.05) is 19.0 Å². The molecule has 0 radical (unpaired) electrons. The number of nitrogens with one attached hydrogen (secondary N) is 1. The van der Waals surface area contributed by atoms with Crippen molar-refractivity contribution in [2.45, 2.75) is 55.9 Å². The first-order valence-corrected chi connectivity index (χ1v) is 11.3. The SMILES string of the molecule is O=C(CCCC1=Cc2ccccc2C1)C1SCN[C@@H]1C(=O)N1CCC[C@H]1CO. The van der Waals surface area contributed by atoms with Gasteiger partial charge >= 0.3 is 0 Å². The molecule has 5 nitrogen and oxygen atoms in total. The second kappa shape index (κ2) is 8.80. The van der Waals surface area contributed by atoms with Crippen LogP contribution in [0.25, 0.3) is 6.08 Å². The third kappa shape index (κ3) is 4.04. The highest BCUT2D eigenvalue weighted by molar-refractivity contribution is 8.00. The molecule has 6 heteroatoms. The minimum absolute atomic E-state index is 0.00170. The van der Waals surface area contributed by atoms with Crippen LogP contribution in [0.5, 0.6) is 0 Å². The van der Waals surface area contributed by atoms with Gasteiger partial charge in [0.05, 0.1) is 17.9 Å². The fourth-order valence-electron chi connectivity index (χ4n) is 4.56. The zero-order valence-corrected chi connectivity index (χ0v) is 16.9. The average molecular weight is 401 g/mol. The second-order valence-corrected chi connectivity index (χ2v) is 9.05. The van der Waals surface area contributed by atoms with Gasteiger partial charge in [-0.15, -0.1) is 11.8 Å². The van der Waals surface area contributed by atoms with Gasteiger partial charge in [-0.05, 0) is 43.2 Å². The van der Waals surface area contributed by atoms with Gasteiger partial charge < -0.3 is 10.0 Å². The highest BCUT2D eigenvalue weighted by Crippen LogP contribution is 2.30. The van der Waals surface area contributed by atoms with Crippen molar-refractivity contribution in [1.29, 1.82) is 0 Å². The molecule has 4 rings (SSSR count). The van der Waals surface area contributed by atoms with Gasteiger partial charge in [0.25, 0.3) is 0 Å². The first-order valence-electron chi connectivity index (χ1n) is 10.2. The molecular formula is C22H28N2O3S. The van der Waals surface area contributed by atoms with E-state index in [1.807, 2.05) is 0 Å². The van der Waals surface area contributed by atoms with Crippen molar-refractivity contribution in [1.82, 2.24) is 10.2 Å². The molecule has 1 aromatic rings. The number of amides is 1. The number of carbonyl (C=O) groups excluding carboxylic acids is 2. The maximum absolute atomic E-state index is 12.9. The number of allylic oxidation sites excluding steroid dienone is 1. The smallest absolute Gasteiger partial charge is 0.241 e. The Labute approximate surface area is 170 Å². The van der Waals surface area contributed by atoms with Gasteiger partial charge in [-0.1, -0.05) is 35.9 Å². The summed E-state index contributed by atoms with van der Waals surface area (Å²) in [6.45, 7) is 0.685. The van der Waals surface area contributed by atoms with E-state index in [2.05, 4.69) is 35.7 Å². The minimum Gasteiger partial charge on any atom is -0.394 e. The Kier molecular flexibility index (Phi) is 6.19. The Balaban J connectivity index is 1.29. The molecule has 0 aromatic heterocycles. The molecule has 150 valence electrons. The number of carbonyl (C=O) groups is 2. The molecule has 2 saturated heterocycles. The summed E-state index contributed by atoms with van der Waals surface area (Å²) in [7, 11) is 0. The largest absolute Gasteiger partial charge is 0.394 e. The van der Waals surface area contributed by atoms with E-state index in [-0.39, 0.29) is 29.6 Å². The van der Waals surface area contributed by atoms with Gasteiger partial charge in [0.1, 0.15) is 11.8 Å². The van der Waals surface area contributed by atoms with Crippen LogP contribution >= 0.6 is 11.8 Å². The summed E-state index contributed by atoms with van der Waals surface area (Å²) in [5.74, 6) is 0.781. The molecule has 1 unspecified atom stereocenters. The van der Waals surface area contributed by atoms with Crippen LogP contribution in [0.1, 0.15) is 43.2 Å². The maximum Gasteiger partial charge on any atom is 0.241 e. The lowest BCUT2D eigenvalue weighted by Gasteiger charge is -2.28. The molecule has 2 fully saturated rings. The van der Waals surface area contributed by atoms with Crippen LogP contribution < -0.4 is 5.32 Å². The fraction of sp³-hybridized carbons (Fsp3) is 0.545. The number of Topliss-reactive ketones (excluding diaryl/α,β-unsaturated/α-hetero) is 1. The van der Waals surface area contributed by atoms with Crippen LogP contribution in [0, 0.1) is 0 Å². The number of aliphatic hydroxyl groups excluding tert-OH is 1. The van der Waals surface area contributed by atoms with Crippen molar-refractivity contribution in [3.63, 3.8) is 0 Å². The molecule has 1 aromatic carbocycles. The van der Waals surface area contributed by atoms with Gasteiger partial charge in [-0.2, -0.15) is 0 Å². The lowest BCUT2D eigenvalue weighted by molar-refractivity contribution is -0.136. The molecule has 2 aliphatic heterocycles. The number of rotatable bonds is 7. The van der Waals surface area contributed by atoms with Gasteiger partial charge in [0.15, 0.2) is 0 Å². The third-order valence-corrected chi connectivity index (χ3v) is 7.30. The monoisotopic (exact) mass is 400 g/mol. The summed E-state index contributed by atoms with van der Waals surface area (Å²) in [5, 5.41) is 12.4. The number of hydrogen-bond acceptors (Lipinski definition) is 5. The number of nitrogens with zero attached hydrogens (tertiary/aromatic N) is 1. The molecule has 0 bridgehead atoms.